The minimum Gasteiger partial charge on any atom is -0.508 e. The van der Waals surface area contributed by atoms with Gasteiger partial charge in [-0.15, -0.1) is 0 Å². The van der Waals surface area contributed by atoms with Crippen LogP contribution in [0.1, 0.15) is 57.7 Å². The number of phenolic OH excluding ortho intramolecular Hbond substituents is 1. The lowest BCUT2D eigenvalue weighted by atomic mass is 10.0. The molecule has 0 saturated carbocycles. The maximum atomic E-state index is 9.90. The molecule has 1 aromatic rings. The molecule has 0 fully saturated rings. The minimum absolute atomic E-state index is 0.187. The Morgan fingerprint density at radius 1 is 1.11 bits per heavy atom. The molecular formula is C16H27NO. The van der Waals surface area contributed by atoms with Gasteiger partial charge in [-0.05, 0) is 45.6 Å². The molecule has 0 aromatic heterocycles. The lowest BCUT2D eigenvalue weighted by molar-refractivity contribution is 0.403. The Labute approximate surface area is 111 Å². The van der Waals surface area contributed by atoms with Crippen LogP contribution < -0.4 is 5.32 Å². The molecule has 2 unspecified atom stereocenters. The highest BCUT2D eigenvalue weighted by Gasteiger charge is 2.13. The van der Waals surface area contributed by atoms with Gasteiger partial charge in [0.05, 0.1) is 0 Å². The summed E-state index contributed by atoms with van der Waals surface area (Å²) in [6.07, 6.45) is 2.41. The molecule has 0 amide bonds. The van der Waals surface area contributed by atoms with Crippen LogP contribution in [0.3, 0.4) is 0 Å². The zero-order valence-electron chi connectivity index (χ0n) is 12.3. The van der Waals surface area contributed by atoms with Gasteiger partial charge in [-0.3, -0.25) is 0 Å². The van der Waals surface area contributed by atoms with Gasteiger partial charge in [-0.25, -0.2) is 0 Å². The van der Waals surface area contributed by atoms with Crippen molar-refractivity contribution in [2.45, 2.75) is 59.5 Å². The average Bonchev–Trinajstić information content (AvgIpc) is 2.29. The van der Waals surface area contributed by atoms with E-state index in [1.807, 2.05) is 6.07 Å². The van der Waals surface area contributed by atoms with Gasteiger partial charge in [0.15, 0.2) is 0 Å². The molecule has 1 rings (SSSR count). The van der Waals surface area contributed by atoms with Crippen LogP contribution in [-0.2, 0) is 0 Å². The van der Waals surface area contributed by atoms with E-state index in [2.05, 4.69) is 46.0 Å². The number of aromatic hydroxyl groups is 1. The van der Waals surface area contributed by atoms with Crippen molar-refractivity contribution in [1.29, 1.82) is 0 Å². The van der Waals surface area contributed by atoms with E-state index in [1.165, 1.54) is 18.4 Å². The van der Waals surface area contributed by atoms with Crippen LogP contribution in [0.25, 0.3) is 0 Å². The minimum atomic E-state index is 0.187. The second kappa shape index (κ2) is 6.79. The summed E-state index contributed by atoms with van der Waals surface area (Å²) in [5.41, 5.74) is 2.18. The molecule has 0 bridgehead atoms. The zero-order valence-corrected chi connectivity index (χ0v) is 12.3. The molecule has 0 aliphatic carbocycles. The molecule has 2 heteroatoms. The molecule has 0 heterocycles. The number of nitrogens with one attached hydrogen (secondary N) is 1. The summed E-state index contributed by atoms with van der Waals surface area (Å²) in [5, 5.41) is 13.5. The summed E-state index contributed by atoms with van der Waals surface area (Å²) >= 11 is 0. The summed E-state index contributed by atoms with van der Waals surface area (Å²) in [6, 6.07) is 6.44. The fraction of sp³-hybridized carbons (Fsp3) is 0.625. The van der Waals surface area contributed by atoms with Gasteiger partial charge in [0.2, 0.25) is 0 Å². The first-order chi connectivity index (χ1) is 8.40. The van der Waals surface area contributed by atoms with E-state index in [1.54, 1.807) is 6.07 Å². The van der Waals surface area contributed by atoms with Crippen LogP contribution in [0.15, 0.2) is 18.2 Å². The third-order valence-electron chi connectivity index (χ3n) is 3.36. The molecule has 2 atom stereocenters. The molecule has 18 heavy (non-hydrogen) atoms. The highest BCUT2D eigenvalue weighted by Crippen LogP contribution is 2.25. The summed E-state index contributed by atoms with van der Waals surface area (Å²) in [5.74, 6) is 1.13. The summed E-state index contributed by atoms with van der Waals surface area (Å²) in [4.78, 5) is 0. The predicted octanol–water partition coefficient (Wildman–Crippen LogP) is 4.18. The van der Waals surface area contributed by atoms with E-state index in [-0.39, 0.29) is 6.04 Å². The molecule has 0 saturated heterocycles. The Balaban J connectivity index is 2.58. The molecule has 102 valence electrons. The first-order valence-electron chi connectivity index (χ1n) is 6.95. The number of benzene rings is 1. The third kappa shape index (κ3) is 4.69. The van der Waals surface area contributed by atoms with Crippen LogP contribution in [0, 0.1) is 12.8 Å². The Hall–Kier alpha value is -1.02. The molecule has 0 spiro atoms. The van der Waals surface area contributed by atoms with Gasteiger partial charge in [0.25, 0.3) is 0 Å². The van der Waals surface area contributed by atoms with Gasteiger partial charge < -0.3 is 10.4 Å². The molecule has 2 nitrogen and oxygen atoms in total. The van der Waals surface area contributed by atoms with Crippen molar-refractivity contribution in [2.75, 3.05) is 0 Å². The summed E-state index contributed by atoms with van der Waals surface area (Å²) < 4.78 is 0. The van der Waals surface area contributed by atoms with Crippen LogP contribution >= 0.6 is 0 Å². The molecule has 1 aromatic carbocycles. The second-order valence-electron chi connectivity index (χ2n) is 5.82. The number of hydrogen-bond donors (Lipinski definition) is 2. The Bertz CT molecular complexity index is 373. The topological polar surface area (TPSA) is 32.3 Å². The highest BCUT2D eigenvalue weighted by atomic mass is 16.3. The number of phenols is 1. The van der Waals surface area contributed by atoms with Crippen LogP contribution in [-0.4, -0.2) is 11.1 Å². The van der Waals surface area contributed by atoms with Crippen LogP contribution in [0.2, 0.25) is 0 Å². The van der Waals surface area contributed by atoms with Crippen molar-refractivity contribution in [2.24, 2.45) is 5.92 Å². The van der Waals surface area contributed by atoms with Crippen molar-refractivity contribution in [1.82, 2.24) is 5.32 Å². The first kappa shape index (κ1) is 15.0. The molecular weight excluding hydrogens is 222 g/mol. The SMILES string of the molecule is Cc1ccc(O)c(C(C)NC(C)CCC(C)C)c1. The maximum Gasteiger partial charge on any atom is 0.120 e. The lowest BCUT2D eigenvalue weighted by Crippen LogP contribution is -2.29. The van der Waals surface area contributed by atoms with E-state index in [0.29, 0.717) is 11.8 Å². The third-order valence-corrected chi connectivity index (χ3v) is 3.36. The lowest BCUT2D eigenvalue weighted by Gasteiger charge is -2.22. The van der Waals surface area contributed by atoms with Crippen molar-refractivity contribution in [3.63, 3.8) is 0 Å². The fourth-order valence-corrected chi connectivity index (χ4v) is 2.20. The Morgan fingerprint density at radius 3 is 2.39 bits per heavy atom. The van der Waals surface area contributed by atoms with E-state index >= 15 is 0 Å². The monoisotopic (exact) mass is 249 g/mol. The smallest absolute Gasteiger partial charge is 0.120 e. The number of rotatable bonds is 6. The average molecular weight is 249 g/mol. The van der Waals surface area contributed by atoms with Crippen molar-refractivity contribution < 1.29 is 5.11 Å². The summed E-state index contributed by atoms with van der Waals surface area (Å²) in [7, 11) is 0. The molecule has 0 radical (unpaired) electrons. The number of aryl methyl sites for hydroxylation is 1. The van der Waals surface area contributed by atoms with Crippen molar-refractivity contribution in [3.05, 3.63) is 29.3 Å². The number of hydrogen-bond acceptors (Lipinski definition) is 2. The van der Waals surface area contributed by atoms with E-state index in [0.717, 1.165) is 11.5 Å². The second-order valence-corrected chi connectivity index (χ2v) is 5.82. The molecule has 0 aliphatic rings. The van der Waals surface area contributed by atoms with E-state index in [9.17, 15) is 5.11 Å². The zero-order chi connectivity index (χ0) is 13.7. The van der Waals surface area contributed by atoms with E-state index < -0.39 is 0 Å². The maximum absolute atomic E-state index is 9.90. The van der Waals surface area contributed by atoms with E-state index in [4.69, 9.17) is 0 Å². The van der Waals surface area contributed by atoms with Crippen molar-refractivity contribution in [3.8, 4) is 5.75 Å². The highest BCUT2D eigenvalue weighted by molar-refractivity contribution is 5.37. The Morgan fingerprint density at radius 2 is 1.78 bits per heavy atom. The largest absolute Gasteiger partial charge is 0.508 e. The summed E-state index contributed by atoms with van der Waals surface area (Å²) in [6.45, 7) is 10.9. The normalized spacial score (nSPS) is 14.8. The van der Waals surface area contributed by atoms with Crippen molar-refractivity contribution >= 4 is 0 Å². The van der Waals surface area contributed by atoms with Gasteiger partial charge >= 0.3 is 0 Å². The van der Waals surface area contributed by atoms with Crippen LogP contribution in [0.5, 0.6) is 5.75 Å². The van der Waals surface area contributed by atoms with Crippen LogP contribution in [0.4, 0.5) is 0 Å². The van der Waals surface area contributed by atoms with Gasteiger partial charge in [-0.2, -0.15) is 0 Å². The van der Waals surface area contributed by atoms with Gasteiger partial charge in [0, 0.05) is 17.6 Å². The quantitative estimate of drug-likeness (QED) is 0.793. The first-order valence-corrected chi connectivity index (χ1v) is 6.95. The van der Waals surface area contributed by atoms with Gasteiger partial charge in [-0.1, -0.05) is 31.5 Å². The Kier molecular flexibility index (Phi) is 5.67. The predicted molar refractivity (Wildman–Crippen MR) is 77.9 cm³/mol. The van der Waals surface area contributed by atoms with Gasteiger partial charge in [0.1, 0.15) is 5.75 Å². The molecule has 2 N–H and O–H groups in total. The molecule has 0 aliphatic heterocycles. The standard InChI is InChI=1S/C16H27NO/c1-11(2)6-8-13(4)17-14(5)15-10-12(3)7-9-16(15)18/h7,9-11,13-14,17-18H,6,8H2,1-5H3. The fourth-order valence-electron chi connectivity index (χ4n) is 2.20.